The van der Waals surface area contributed by atoms with Gasteiger partial charge in [0.25, 0.3) is 5.91 Å². The highest BCUT2D eigenvalue weighted by molar-refractivity contribution is 6.36. The molecule has 0 radical (unpaired) electrons. The van der Waals surface area contributed by atoms with Gasteiger partial charge in [0.05, 0.1) is 28.8 Å². The average molecular weight is 425 g/mol. The number of hydrogen-bond donors (Lipinski definition) is 1. The zero-order valence-corrected chi connectivity index (χ0v) is 17.2. The van der Waals surface area contributed by atoms with Gasteiger partial charge in [-0.15, -0.1) is 0 Å². The third kappa shape index (κ3) is 4.77. The summed E-state index contributed by atoms with van der Waals surface area (Å²) < 4.78 is 19.3. The Hall–Kier alpha value is -1.82. The number of carbonyl (C=O) groups is 1. The fourth-order valence-corrected chi connectivity index (χ4v) is 4.06. The van der Waals surface area contributed by atoms with Crippen molar-refractivity contribution in [2.75, 3.05) is 26.7 Å². The van der Waals surface area contributed by atoms with Crippen LogP contribution in [0.1, 0.15) is 41.2 Å². The van der Waals surface area contributed by atoms with E-state index in [2.05, 4.69) is 10.2 Å². The van der Waals surface area contributed by atoms with Crippen LogP contribution in [0.3, 0.4) is 0 Å². The molecule has 1 unspecified atom stereocenters. The number of nitrogens with one attached hydrogen (secondary N) is 1. The minimum absolute atomic E-state index is 0.0451. The molecular weight excluding hydrogens is 402 g/mol. The Bertz CT molecular complexity index is 841. The first-order valence-electron chi connectivity index (χ1n) is 9.31. The van der Waals surface area contributed by atoms with Crippen LogP contribution >= 0.6 is 23.2 Å². The number of methoxy groups -OCH3 is 1. The first kappa shape index (κ1) is 20.9. The molecule has 0 aliphatic carbocycles. The molecule has 1 amide bonds. The average Bonchev–Trinajstić information content (AvgIpc) is 2.72. The van der Waals surface area contributed by atoms with Crippen LogP contribution in [0.2, 0.25) is 10.0 Å². The van der Waals surface area contributed by atoms with Crippen molar-refractivity contribution in [1.29, 1.82) is 0 Å². The summed E-state index contributed by atoms with van der Waals surface area (Å²) in [4.78, 5) is 15.0. The lowest BCUT2D eigenvalue weighted by molar-refractivity contribution is 0.0923. The van der Waals surface area contributed by atoms with Gasteiger partial charge in [0.15, 0.2) is 0 Å². The van der Waals surface area contributed by atoms with Crippen molar-refractivity contribution >= 4 is 29.1 Å². The molecular formula is C21H23Cl2FN2O2. The lowest BCUT2D eigenvalue weighted by Gasteiger charge is -2.35. The highest BCUT2D eigenvalue weighted by Crippen LogP contribution is 2.31. The van der Waals surface area contributed by atoms with E-state index in [9.17, 15) is 9.18 Å². The van der Waals surface area contributed by atoms with Crippen LogP contribution in [0.4, 0.5) is 4.39 Å². The van der Waals surface area contributed by atoms with Crippen LogP contribution < -0.4 is 10.1 Å². The van der Waals surface area contributed by atoms with E-state index < -0.39 is 11.7 Å². The standard InChI is InChI=1S/C21H23Cl2FN2O2/c1-28-20-8-4-3-7-14(20)19(26-9-5-2-6-10-26)13-25-21(27)15-11-18(24)17(23)12-16(15)22/h3-4,7-8,11-12,19H,2,5-6,9-10,13H2,1H3,(H,25,27). The number of halogens is 3. The molecule has 3 rings (SSSR count). The molecule has 28 heavy (non-hydrogen) atoms. The number of nitrogens with zero attached hydrogens (tertiary/aromatic N) is 1. The van der Waals surface area contributed by atoms with Crippen molar-refractivity contribution in [2.45, 2.75) is 25.3 Å². The molecule has 150 valence electrons. The maximum atomic E-state index is 13.8. The summed E-state index contributed by atoms with van der Waals surface area (Å²) >= 11 is 11.8. The normalized spacial score (nSPS) is 15.9. The van der Waals surface area contributed by atoms with Gasteiger partial charge >= 0.3 is 0 Å². The molecule has 1 aliphatic heterocycles. The number of ether oxygens (including phenoxy) is 1. The Morgan fingerprint density at radius 3 is 2.61 bits per heavy atom. The van der Waals surface area contributed by atoms with Gasteiger partial charge in [-0.1, -0.05) is 47.8 Å². The Morgan fingerprint density at radius 2 is 1.89 bits per heavy atom. The quantitative estimate of drug-likeness (QED) is 0.655. The number of rotatable bonds is 6. The summed E-state index contributed by atoms with van der Waals surface area (Å²) in [6, 6.07) is 10.1. The zero-order chi connectivity index (χ0) is 20.1. The summed E-state index contributed by atoms with van der Waals surface area (Å²) in [5, 5.41) is 2.91. The van der Waals surface area contributed by atoms with Gasteiger partial charge in [-0.05, 0) is 44.1 Å². The van der Waals surface area contributed by atoms with Crippen molar-refractivity contribution in [2.24, 2.45) is 0 Å². The van der Waals surface area contributed by atoms with E-state index in [1.54, 1.807) is 7.11 Å². The summed E-state index contributed by atoms with van der Waals surface area (Å²) in [6.45, 7) is 2.27. The Labute approximate surface area is 174 Å². The molecule has 1 atom stereocenters. The Morgan fingerprint density at radius 1 is 1.18 bits per heavy atom. The van der Waals surface area contributed by atoms with Gasteiger partial charge < -0.3 is 10.1 Å². The molecule has 0 saturated carbocycles. The second-order valence-electron chi connectivity index (χ2n) is 6.81. The largest absolute Gasteiger partial charge is 0.496 e. The third-order valence-electron chi connectivity index (χ3n) is 5.04. The number of hydrogen-bond acceptors (Lipinski definition) is 3. The molecule has 1 saturated heterocycles. The van der Waals surface area contributed by atoms with Crippen LogP contribution in [0.15, 0.2) is 36.4 Å². The summed E-state index contributed by atoms with van der Waals surface area (Å²) in [6.07, 6.45) is 3.45. The number of piperidine rings is 1. The van der Waals surface area contributed by atoms with Gasteiger partial charge in [0.2, 0.25) is 0 Å². The van der Waals surface area contributed by atoms with Crippen LogP contribution in [0.25, 0.3) is 0 Å². The van der Waals surface area contributed by atoms with Crippen LogP contribution in [0.5, 0.6) is 5.75 Å². The van der Waals surface area contributed by atoms with E-state index in [0.717, 1.165) is 43.3 Å². The lowest BCUT2D eigenvalue weighted by atomic mass is 10.0. The van der Waals surface area contributed by atoms with E-state index in [4.69, 9.17) is 27.9 Å². The van der Waals surface area contributed by atoms with Gasteiger partial charge in [-0.2, -0.15) is 0 Å². The number of benzene rings is 2. The first-order chi connectivity index (χ1) is 13.5. The van der Waals surface area contributed by atoms with Crippen molar-refractivity contribution in [3.8, 4) is 5.75 Å². The topological polar surface area (TPSA) is 41.6 Å². The molecule has 1 N–H and O–H groups in total. The molecule has 0 spiro atoms. The fourth-order valence-electron chi connectivity index (χ4n) is 3.59. The molecule has 7 heteroatoms. The summed E-state index contributed by atoms with van der Waals surface area (Å²) in [7, 11) is 1.64. The minimum atomic E-state index is -0.673. The molecule has 1 fully saturated rings. The molecule has 2 aromatic rings. The number of carbonyl (C=O) groups excluding carboxylic acids is 1. The summed E-state index contributed by atoms with van der Waals surface area (Å²) in [5.74, 6) is -0.325. The number of likely N-dealkylation sites (tertiary alicyclic amines) is 1. The van der Waals surface area contributed by atoms with Crippen LogP contribution in [-0.2, 0) is 0 Å². The molecule has 1 heterocycles. The van der Waals surface area contributed by atoms with E-state index >= 15 is 0 Å². The molecule has 2 aromatic carbocycles. The predicted octanol–water partition coefficient (Wildman–Crippen LogP) is 5.10. The maximum Gasteiger partial charge on any atom is 0.252 e. The highest BCUT2D eigenvalue weighted by atomic mass is 35.5. The van der Waals surface area contributed by atoms with E-state index in [1.165, 1.54) is 12.5 Å². The van der Waals surface area contributed by atoms with Crippen molar-refractivity contribution in [3.05, 3.63) is 63.4 Å². The molecule has 0 aromatic heterocycles. The highest BCUT2D eigenvalue weighted by Gasteiger charge is 2.26. The smallest absolute Gasteiger partial charge is 0.252 e. The second-order valence-corrected chi connectivity index (χ2v) is 7.62. The van der Waals surface area contributed by atoms with E-state index in [1.807, 2.05) is 24.3 Å². The Balaban J connectivity index is 1.82. The predicted molar refractivity (Wildman–Crippen MR) is 110 cm³/mol. The van der Waals surface area contributed by atoms with Gasteiger partial charge in [0.1, 0.15) is 11.6 Å². The molecule has 0 bridgehead atoms. The molecule has 1 aliphatic rings. The number of para-hydroxylation sites is 1. The third-order valence-corrected chi connectivity index (χ3v) is 5.64. The fraction of sp³-hybridized carbons (Fsp3) is 0.381. The minimum Gasteiger partial charge on any atom is -0.496 e. The number of amides is 1. The second kappa shape index (κ2) is 9.59. The first-order valence-corrected chi connectivity index (χ1v) is 10.1. The van der Waals surface area contributed by atoms with Gasteiger partial charge in [0, 0.05) is 12.1 Å². The van der Waals surface area contributed by atoms with Crippen LogP contribution in [-0.4, -0.2) is 37.6 Å². The summed E-state index contributed by atoms with van der Waals surface area (Å²) in [5.41, 5.74) is 1.08. The van der Waals surface area contributed by atoms with E-state index in [0.29, 0.717) is 6.54 Å². The van der Waals surface area contributed by atoms with Crippen molar-refractivity contribution in [3.63, 3.8) is 0 Å². The van der Waals surface area contributed by atoms with Crippen LogP contribution in [0, 0.1) is 5.82 Å². The van der Waals surface area contributed by atoms with Gasteiger partial charge in [-0.25, -0.2) is 4.39 Å². The molecule has 4 nitrogen and oxygen atoms in total. The van der Waals surface area contributed by atoms with Crippen molar-refractivity contribution < 1.29 is 13.9 Å². The monoisotopic (exact) mass is 424 g/mol. The zero-order valence-electron chi connectivity index (χ0n) is 15.7. The maximum absolute atomic E-state index is 13.8. The Kier molecular flexibility index (Phi) is 7.16. The van der Waals surface area contributed by atoms with E-state index in [-0.39, 0.29) is 21.7 Å². The SMILES string of the molecule is COc1ccccc1C(CNC(=O)c1cc(F)c(Cl)cc1Cl)N1CCCCC1. The van der Waals surface area contributed by atoms with Gasteiger partial charge in [-0.3, -0.25) is 9.69 Å². The van der Waals surface area contributed by atoms with Crippen molar-refractivity contribution in [1.82, 2.24) is 10.2 Å². The lowest BCUT2D eigenvalue weighted by Crippen LogP contribution is -2.40.